The summed E-state index contributed by atoms with van der Waals surface area (Å²) in [5.41, 5.74) is 4.38. The second kappa shape index (κ2) is 6.29. The van der Waals surface area contributed by atoms with Gasteiger partial charge in [0.25, 0.3) is 0 Å². The molecule has 0 aliphatic carbocycles. The van der Waals surface area contributed by atoms with Crippen LogP contribution in [-0.4, -0.2) is 21.7 Å². The summed E-state index contributed by atoms with van der Waals surface area (Å²) in [6.45, 7) is 3.96. The maximum atomic E-state index is 12.2. The van der Waals surface area contributed by atoms with Gasteiger partial charge in [0.05, 0.1) is 10.3 Å². The molecule has 1 aromatic heterocycles. The molecular weight excluding hydrogens is 318 g/mol. The lowest BCUT2D eigenvalue weighted by molar-refractivity contribution is 0.112. The molecule has 3 aromatic rings. The lowest BCUT2D eigenvalue weighted by atomic mass is 9.93. The number of rotatable bonds is 4. The van der Waals surface area contributed by atoms with Crippen LogP contribution in [0.25, 0.3) is 22.0 Å². The Morgan fingerprint density at radius 2 is 1.88 bits per heavy atom. The fourth-order valence-corrected chi connectivity index (χ4v) is 3.16. The van der Waals surface area contributed by atoms with Gasteiger partial charge in [-0.15, -0.1) is 0 Å². The van der Waals surface area contributed by atoms with Crippen molar-refractivity contribution in [3.63, 3.8) is 0 Å². The molecule has 0 saturated heterocycles. The molecule has 1 unspecified atom stereocenters. The molecule has 0 aliphatic heterocycles. The summed E-state index contributed by atoms with van der Waals surface area (Å²) in [5, 5.41) is 1.00. The van der Waals surface area contributed by atoms with E-state index in [1.54, 1.807) is 18.5 Å². The maximum absolute atomic E-state index is 12.2. The van der Waals surface area contributed by atoms with Crippen molar-refractivity contribution in [2.75, 3.05) is 6.26 Å². The quantitative estimate of drug-likeness (QED) is 0.666. The number of aldehydes is 1. The Bertz CT molecular complexity index is 947. The normalized spacial score (nSPS) is 13.0. The summed E-state index contributed by atoms with van der Waals surface area (Å²) >= 11 is 0. The lowest BCUT2D eigenvalue weighted by Gasteiger charge is -2.24. The van der Waals surface area contributed by atoms with Gasteiger partial charge in [-0.05, 0) is 49.2 Å². The largest absolute Gasteiger partial charge is 0.298 e. The van der Waals surface area contributed by atoms with Crippen LogP contribution in [0.2, 0.25) is 0 Å². The van der Waals surface area contributed by atoms with Crippen LogP contribution in [0.4, 0.5) is 0 Å². The van der Waals surface area contributed by atoms with Crippen LogP contribution >= 0.6 is 0 Å². The number of hydrogen-bond acceptors (Lipinski definition) is 3. The van der Waals surface area contributed by atoms with Crippen molar-refractivity contribution in [3.8, 4) is 11.1 Å². The van der Waals surface area contributed by atoms with E-state index in [1.165, 1.54) is 0 Å². The van der Waals surface area contributed by atoms with Crippen LogP contribution in [0.1, 0.15) is 29.8 Å². The van der Waals surface area contributed by atoms with E-state index in [1.807, 2.05) is 50.2 Å². The van der Waals surface area contributed by atoms with Gasteiger partial charge >= 0.3 is 0 Å². The first-order valence-corrected chi connectivity index (χ1v) is 9.27. The second-order valence-electron chi connectivity index (χ2n) is 6.31. The van der Waals surface area contributed by atoms with E-state index >= 15 is 0 Å². The third kappa shape index (κ3) is 2.89. The summed E-state index contributed by atoms with van der Waals surface area (Å²) in [4.78, 5) is 15.6. The van der Waals surface area contributed by atoms with Gasteiger partial charge < -0.3 is 0 Å². The van der Waals surface area contributed by atoms with Crippen molar-refractivity contribution in [2.24, 2.45) is 0 Å². The van der Waals surface area contributed by atoms with E-state index in [-0.39, 0.29) is 0 Å². The summed E-state index contributed by atoms with van der Waals surface area (Å²) in [7, 11) is -1.02. The third-order valence-electron chi connectivity index (χ3n) is 4.45. The first-order valence-electron chi connectivity index (χ1n) is 7.72. The molecule has 2 aromatic carbocycles. The molecule has 1 heterocycles. The van der Waals surface area contributed by atoms with E-state index in [4.69, 9.17) is 0 Å². The van der Waals surface area contributed by atoms with E-state index in [9.17, 15) is 9.00 Å². The van der Waals surface area contributed by atoms with Gasteiger partial charge in [0.15, 0.2) is 0 Å². The average molecular weight is 337 g/mol. The molecule has 24 heavy (non-hydrogen) atoms. The first kappa shape index (κ1) is 16.5. The Hall–Kier alpha value is -2.33. The van der Waals surface area contributed by atoms with Crippen molar-refractivity contribution >= 4 is 28.0 Å². The molecule has 0 aliphatic rings. The Morgan fingerprint density at radius 3 is 2.58 bits per heavy atom. The van der Waals surface area contributed by atoms with E-state index in [2.05, 4.69) is 11.1 Å². The highest BCUT2D eigenvalue weighted by Crippen LogP contribution is 2.35. The molecule has 0 radical (unpaired) electrons. The summed E-state index contributed by atoms with van der Waals surface area (Å²) in [5.74, 6) is 0. The van der Waals surface area contributed by atoms with Gasteiger partial charge in [0.1, 0.15) is 6.29 Å². The predicted molar refractivity (Wildman–Crippen MR) is 99.7 cm³/mol. The number of benzene rings is 2. The summed E-state index contributed by atoms with van der Waals surface area (Å²) in [6.07, 6.45) is 4.33. The highest BCUT2D eigenvalue weighted by atomic mass is 32.2. The number of hydrogen-bond donors (Lipinski definition) is 0. The van der Waals surface area contributed by atoms with Crippen LogP contribution in [0.5, 0.6) is 0 Å². The molecule has 0 fully saturated rings. The van der Waals surface area contributed by atoms with E-state index in [0.717, 1.165) is 33.9 Å². The van der Waals surface area contributed by atoms with Crippen LogP contribution in [0.15, 0.2) is 54.7 Å². The van der Waals surface area contributed by atoms with Gasteiger partial charge in [-0.3, -0.25) is 14.0 Å². The first-order chi connectivity index (χ1) is 11.4. The predicted octanol–water partition coefficient (Wildman–Crippen LogP) is 4.33. The molecule has 3 rings (SSSR count). The molecule has 0 saturated carbocycles. The van der Waals surface area contributed by atoms with Gasteiger partial charge in [-0.25, -0.2) is 0 Å². The Labute approximate surface area is 144 Å². The Morgan fingerprint density at radius 1 is 1.08 bits per heavy atom. The molecule has 0 N–H and O–H groups in total. The average Bonchev–Trinajstić information content (AvgIpc) is 2.60. The van der Waals surface area contributed by atoms with E-state index < -0.39 is 15.5 Å². The number of carbonyl (C=O) groups excluding carboxylic acids is 1. The fraction of sp³-hybridized carbons (Fsp3) is 0.200. The summed E-state index contributed by atoms with van der Waals surface area (Å²) in [6, 6.07) is 15.5. The molecule has 1 atom stereocenters. The minimum atomic E-state index is -1.02. The van der Waals surface area contributed by atoms with Crippen molar-refractivity contribution in [3.05, 3.63) is 65.9 Å². The monoisotopic (exact) mass is 337 g/mol. The van der Waals surface area contributed by atoms with Crippen LogP contribution in [-0.2, 0) is 15.5 Å². The van der Waals surface area contributed by atoms with Crippen LogP contribution in [0.3, 0.4) is 0 Å². The van der Waals surface area contributed by atoms with Gasteiger partial charge in [-0.2, -0.15) is 0 Å². The topological polar surface area (TPSA) is 47.0 Å². The molecule has 122 valence electrons. The highest BCUT2D eigenvalue weighted by Gasteiger charge is 2.26. The maximum Gasteiger partial charge on any atom is 0.150 e. The zero-order chi connectivity index (χ0) is 17.3. The summed E-state index contributed by atoms with van der Waals surface area (Å²) < 4.78 is 11.7. The van der Waals surface area contributed by atoms with Gasteiger partial charge in [-0.1, -0.05) is 24.3 Å². The van der Waals surface area contributed by atoms with Crippen molar-refractivity contribution in [1.29, 1.82) is 0 Å². The number of fused-ring (bicyclic) bond motifs is 1. The number of pyridine rings is 1. The molecular formula is C20H19NO2S. The zero-order valence-electron chi connectivity index (χ0n) is 13.9. The zero-order valence-corrected chi connectivity index (χ0v) is 14.8. The molecule has 0 amide bonds. The molecule has 3 nitrogen and oxygen atoms in total. The molecule has 4 heteroatoms. The highest BCUT2D eigenvalue weighted by molar-refractivity contribution is 7.85. The Balaban J connectivity index is 2.33. The fourth-order valence-electron chi connectivity index (χ4n) is 2.71. The van der Waals surface area contributed by atoms with Gasteiger partial charge in [0.2, 0.25) is 0 Å². The molecule has 0 spiro atoms. The Kier molecular flexibility index (Phi) is 4.33. The van der Waals surface area contributed by atoms with Gasteiger partial charge in [0, 0.05) is 39.8 Å². The smallest absolute Gasteiger partial charge is 0.150 e. The van der Waals surface area contributed by atoms with E-state index in [0.29, 0.717) is 5.56 Å². The number of aromatic nitrogens is 1. The number of nitrogens with zero attached hydrogens (tertiary/aromatic N) is 1. The second-order valence-corrected chi connectivity index (χ2v) is 8.24. The van der Waals surface area contributed by atoms with Crippen molar-refractivity contribution < 1.29 is 9.00 Å². The van der Waals surface area contributed by atoms with Crippen LogP contribution < -0.4 is 0 Å². The third-order valence-corrected chi connectivity index (χ3v) is 6.13. The molecule has 0 bridgehead atoms. The lowest BCUT2D eigenvalue weighted by Crippen LogP contribution is -2.22. The van der Waals surface area contributed by atoms with Crippen molar-refractivity contribution in [1.82, 2.24) is 4.98 Å². The minimum absolute atomic E-state index is 0.471. The van der Waals surface area contributed by atoms with Crippen LogP contribution in [0, 0.1) is 0 Å². The number of carbonyl (C=O) groups is 1. The minimum Gasteiger partial charge on any atom is -0.298 e. The van der Waals surface area contributed by atoms with Crippen molar-refractivity contribution in [2.45, 2.75) is 18.6 Å². The SMILES string of the molecule is CS(=O)C(C)(C)c1cc(-c2cccc(C=O)c2)c2ncccc2c1. The standard InChI is InChI=1S/C20H19NO2S/c1-20(2,24(3)23)17-11-16-8-5-9-21-19(16)18(12-17)15-7-4-6-14(10-15)13-22/h4-13H,1-3H3.